The molecule has 3 rings (SSSR count). The monoisotopic (exact) mass is 369 g/mol. The summed E-state index contributed by atoms with van der Waals surface area (Å²) in [6.45, 7) is 5.87. The van der Waals surface area contributed by atoms with E-state index in [-0.39, 0.29) is 36.9 Å². The standard InChI is InChI=1S/C21H27N3O3/c1-3-13-23(21(27)22-16-7-5-4-6-8-16)18-14-19(25)24(20(18)26)17-11-9-15(2)10-12-17/h3,9-12,16,18H,1,4-8,13-14H2,2H3,(H,22,27). The van der Waals surface area contributed by atoms with Crippen molar-refractivity contribution in [1.29, 1.82) is 0 Å². The van der Waals surface area contributed by atoms with E-state index in [0.29, 0.717) is 5.69 Å². The number of rotatable bonds is 5. The van der Waals surface area contributed by atoms with Crippen LogP contribution in [-0.4, -0.2) is 41.4 Å². The Kier molecular flexibility index (Phi) is 5.94. The van der Waals surface area contributed by atoms with Crippen molar-refractivity contribution in [3.63, 3.8) is 0 Å². The minimum atomic E-state index is -0.791. The first-order valence-corrected chi connectivity index (χ1v) is 9.62. The van der Waals surface area contributed by atoms with Gasteiger partial charge in [0.25, 0.3) is 5.91 Å². The number of amides is 4. The summed E-state index contributed by atoms with van der Waals surface area (Å²) in [5, 5.41) is 3.04. The van der Waals surface area contributed by atoms with E-state index in [1.165, 1.54) is 16.2 Å². The minimum Gasteiger partial charge on any atom is -0.335 e. The van der Waals surface area contributed by atoms with Crippen LogP contribution in [0, 0.1) is 6.92 Å². The van der Waals surface area contributed by atoms with Crippen LogP contribution in [0.15, 0.2) is 36.9 Å². The molecule has 1 saturated heterocycles. The highest BCUT2D eigenvalue weighted by atomic mass is 16.2. The molecular formula is C21H27N3O3. The van der Waals surface area contributed by atoms with Gasteiger partial charge in [-0.2, -0.15) is 0 Å². The number of aryl methyl sites for hydroxylation is 1. The van der Waals surface area contributed by atoms with Gasteiger partial charge in [0.15, 0.2) is 0 Å². The SMILES string of the molecule is C=CCN(C(=O)NC1CCCCC1)C1CC(=O)N(c2ccc(C)cc2)C1=O. The molecule has 0 bridgehead atoms. The Morgan fingerprint density at radius 1 is 1.22 bits per heavy atom. The normalized spacial score (nSPS) is 20.6. The number of nitrogens with one attached hydrogen (secondary N) is 1. The van der Waals surface area contributed by atoms with Crippen molar-refractivity contribution in [2.75, 3.05) is 11.4 Å². The van der Waals surface area contributed by atoms with Crippen LogP contribution in [0.3, 0.4) is 0 Å². The Hall–Kier alpha value is -2.63. The number of carbonyl (C=O) groups excluding carboxylic acids is 3. The molecule has 6 heteroatoms. The molecule has 1 aliphatic carbocycles. The molecule has 1 aromatic rings. The molecule has 0 radical (unpaired) electrons. The van der Waals surface area contributed by atoms with Gasteiger partial charge in [-0.15, -0.1) is 6.58 Å². The molecule has 1 heterocycles. The lowest BCUT2D eigenvalue weighted by atomic mass is 9.96. The Balaban J connectivity index is 1.75. The fraction of sp³-hybridized carbons (Fsp3) is 0.476. The second-order valence-corrected chi connectivity index (χ2v) is 7.35. The summed E-state index contributed by atoms with van der Waals surface area (Å²) in [4.78, 5) is 40.9. The lowest BCUT2D eigenvalue weighted by molar-refractivity contribution is -0.122. The summed E-state index contributed by atoms with van der Waals surface area (Å²) in [7, 11) is 0. The van der Waals surface area contributed by atoms with Gasteiger partial charge >= 0.3 is 6.03 Å². The van der Waals surface area contributed by atoms with Gasteiger partial charge in [-0.25, -0.2) is 9.69 Å². The van der Waals surface area contributed by atoms with Crippen molar-refractivity contribution in [2.45, 2.75) is 57.5 Å². The second-order valence-electron chi connectivity index (χ2n) is 7.35. The Morgan fingerprint density at radius 3 is 2.52 bits per heavy atom. The Morgan fingerprint density at radius 2 is 1.89 bits per heavy atom. The molecule has 27 heavy (non-hydrogen) atoms. The van der Waals surface area contributed by atoms with Gasteiger partial charge in [0, 0.05) is 12.6 Å². The number of nitrogens with zero attached hydrogens (tertiary/aromatic N) is 2. The maximum Gasteiger partial charge on any atom is 0.318 e. The molecule has 144 valence electrons. The number of hydrogen-bond donors (Lipinski definition) is 1. The predicted molar refractivity (Wildman–Crippen MR) is 104 cm³/mol. The van der Waals surface area contributed by atoms with Gasteiger partial charge in [0.05, 0.1) is 12.1 Å². The molecule has 0 aromatic heterocycles. The van der Waals surface area contributed by atoms with Crippen LogP contribution >= 0.6 is 0 Å². The quantitative estimate of drug-likeness (QED) is 0.640. The first-order chi connectivity index (χ1) is 13.0. The molecule has 1 unspecified atom stereocenters. The molecule has 1 N–H and O–H groups in total. The summed E-state index contributed by atoms with van der Waals surface area (Å²) in [5.41, 5.74) is 1.60. The minimum absolute atomic E-state index is 0.00135. The number of carbonyl (C=O) groups is 3. The summed E-state index contributed by atoms with van der Waals surface area (Å²) < 4.78 is 0. The molecular weight excluding hydrogens is 342 g/mol. The molecule has 4 amide bonds. The molecule has 2 aliphatic rings. The fourth-order valence-electron chi connectivity index (χ4n) is 3.82. The zero-order chi connectivity index (χ0) is 19.4. The number of imide groups is 1. The maximum atomic E-state index is 13.0. The summed E-state index contributed by atoms with van der Waals surface area (Å²) >= 11 is 0. The largest absolute Gasteiger partial charge is 0.335 e. The third-order valence-electron chi connectivity index (χ3n) is 5.31. The third-order valence-corrected chi connectivity index (χ3v) is 5.31. The zero-order valence-corrected chi connectivity index (χ0v) is 15.8. The van der Waals surface area contributed by atoms with E-state index in [1.807, 2.05) is 19.1 Å². The van der Waals surface area contributed by atoms with Crippen molar-refractivity contribution in [1.82, 2.24) is 10.2 Å². The van der Waals surface area contributed by atoms with Crippen molar-refractivity contribution in [3.05, 3.63) is 42.5 Å². The lowest BCUT2D eigenvalue weighted by Crippen LogP contribution is -2.52. The van der Waals surface area contributed by atoms with E-state index in [0.717, 1.165) is 31.2 Å². The first-order valence-electron chi connectivity index (χ1n) is 9.62. The van der Waals surface area contributed by atoms with Gasteiger partial charge in [0.1, 0.15) is 6.04 Å². The van der Waals surface area contributed by atoms with E-state index in [9.17, 15) is 14.4 Å². The van der Waals surface area contributed by atoms with Crippen molar-refractivity contribution < 1.29 is 14.4 Å². The molecule has 6 nitrogen and oxygen atoms in total. The Labute approximate surface area is 160 Å². The molecule has 0 spiro atoms. The maximum absolute atomic E-state index is 13.0. The molecule has 2 fully saturated rings. The van der Waals surface area contributed by atoms with E-state index in [2.05, 4.69) is 11.9 Å². The van der Waals surface area contributed by atoms with Gasteiger partial charge in [0.2, 0.25) is 5.91 Å². The summed E-state index contributed by atoms with van der Waals surface area (Å²) in [5.74, 6) is -0.641. The van der Waals surface area contributed by atoms with Crippen molar-refractivity contribution in [3.8, 4) is 0 Å². The van der Waals surface area contributed by atoms with Crippen LogP contribution in [0.4, 0.5) is 10.5 Å². The smallest absolute Gasteiger partial charge is 0.318 e. The van der Waals surface area contributed by atoms with Gasteiger partial charge in [-0.1, -0.05) is 43.0 Å². The van der Waals surface area contributed by atoms with Gasteiger partial charge in [-0.3, -0.25) is 9.59 Å². The van der Waals surface area contributed by atoms with E-state index < -0.39 is 6.04 Å². The number of benzene rings is 1. The van der Waals surface area contributed by atoms with Gasteiger partial charge < -0.3 is 10.2 Å². The van der Waals surface area contributed by atoms with Crippen LogP contribution in [0.5, 0.6) is 0 Å². The molecule has 1 aliphatic heterocycles. The van der Waals surface area contributed by atoms with Crippen LogP contribution in [0.25, 0.3) is 0 Å². The van der Waals surface area contributed by atoms with Crippen LogP contribution in [0.1, 0.15) is 44.1 Å². The molecule has 1 saturated carbocycles. The Bertz CT molecular complexity index is 723. The van der Waals surface area contributed by atoms with E-state index >= 15 is 0 Å². The number of anilines is 1. The van der Waals surface area contributed by atoms with Crippen LogP contribution in [-0.2, 0) is 9.59 Å². The highest BCUT2D eigenvalue weighted by molar-refractivity contribution is 6.23. The summed E-state index contributed by atoms with van der Waals surface area (Å²) in [6, 6.07) is 6.29. The average molecular weight is 369 g/mol. The van der Waals surface area contributed by atoms with Crippen molar-refractivity contribution >= 4 is 23.5 Å². The number of urea groups is 1. The van der Waals surface area contributed by atoms with E-state index in [1.54, 1.807) is 18.2 Å². The highest BCUT2D eigenvalue weighted by Gasteiger charge is 2.44. The fourth-order valence-corrected chi connectivity index (χ4v) is 3.82. The number of hydrogen-bond acceptors (Lipinski definition) is 3. The predicted octanol–water partition coefficient (Wildman–Crippen LogP) is 3.16. The second kappa shape index (κ2) is 8.37. The van der Waals surface area contributed by atoms with E-state index in [4.69, 9.17) is 0 Å². The molecule has 1 atom stereocenters. The average Bonchev–Trinajstić information content (AvgIpc) is 2.95. The molecule has 1 aromatic carbocycles. The first kappa shape index (κ1) is 19.1. The van der Waals surface area contributed by atoms with Crippen LogP contribution in [0.2, 0.25) is 0 Å². The highest BCUT2D eigenvalue weighted by Crippen LogP contribution is 2.26. The lowest BCUT2D eigenvalue weighted by Gasteiger charge is -2.30. The third kappa shape index (κ3) is 4.21. The van der Waals surface area contributed by atoms with Crippen LogP contribution < -0.4 is 10.2 Å². The zero-order valence-electron chi connectivity index (χ0n) is 15.8. The topological polar surface area (TPSA) is 69.7 Å². The van der Waals surface area contributed by atoms with Crippen molar-refractivity contribution in [2.24, 2.45) is 0 Å². The van der Waals surface area contributed by atoms with Gasteiger partial charge in [-0.05, 0) is 31.9 Å². The summed E-state index contributed by atoms with van der Waals surface area (Å²) in [6.07, 6.45) is 6.92.